The number of ether oxygens (including phenoxy) is 1. The van der Waals surface area contributed by atoms with Crippen LogP contribution in [0, 0.1) is 23.0 Å². The van der Waals surface area contributed by atoms with Crippen LogP contribution in [0.25, 0.3) is 32.2 Å². The Kier molecular flexibility index (Phi) is 6.49. The minimum absolute atomic E-state index is 0.00801. The zero-order chi connectivity index (χ0) is 27.4. The Morgan fingerprint density at radius 1 is 1.21 bits per heavy atom. The number of thiazole rings is 1. The monoisotopic (exact) mass is 556 g/mol. The van der Waals surface area contributed by atoms with Gasteiger partial charge in [0.05, 0.1) is 26.5 Å². The second-order valence-corrected chi connectivity index (χ2v) is 11.3. The van der Waals surface area contributed by atoms with Crippen LogP contribution in [0.4, 0.5) is 24.4 Å². The Labute approximate surface area is 226 Å². The number of nitrogens with two attached hydrogens (primary N) is 1. The van der Waals surface area contributed by atoms with Gasteiger partial charge in [0.15, 0.2) is 10.9 Å². The van der Waals surface area contributed by atoms with Crippen molar-refractivity contribution in [2.24, 2.45) is 0 Å². The summed E-state index contributed by atoms with van der Waals surface area (Å²) in [6, 6.07) is 6.32. The van der Waals surface area contributed by atoms with Crippen LogP contribution in [-0.4, -0.2) is 52.7 Å². The lowest BCUT2D eigenvalue weighted by Gasteiger charge is -2.37. The highest BCUT2D eigenvalue weighted by Gasteiger charge is 2.29. The lowest BCUT2D eigenvalue weighted by Crippen LogP contribution is -2.50. The van der Waals surface area contributed by atoms with E-state index in [1.54, 1.807) is 31.7 Å². The molecule has 12 heteroatoms. The number of amides is 1. The van der Waals surface area contributed by atoms with Crippen LogP contribution in [0.5, 0.6) is 0 Å². The Bertz CT molecular complexity index is 1640. The van der Waals surface area contributed by atoms with E-state index in [1.165, 1.54) is 18.3 Å². The number of hydrogen-bond acceptors (Lipinski definition) is 8. The molecule has 0 spiro atoms. The molecule has 2 aromatic heterocycles. The number of aromatic nitrogens is 2. The molecule has 2 N–H and O–H groups in total. The zero-order valence-electron chi connectivity index (χ0n) is 20.8. The van der Waals surface area contributed by atoms with Crippen molar-refractivity contribution in [2.75, 3.05) is 36.8 Å². The van der Waals surface area contributed by atoms with Crippen LogP contribution in [0.3, 0.4) is 0 Å². The van der Waals surface area contributed by atoms with Crippen molar-refractivity contribution in [3.63, 3.8) is 0 Å². The maximum atomic E-state index is 16.1. The van der Waals surface area contributed by atoms with E-state index in [0.717, 1.165) is 11.3 Å². The smallest absolute Gasteiger partial charge is 0.410 e. The van der Waals surface area contributed by atoms with Gasteiger partial charge in [0, 0.05) is 48.9 Å². The number of piperazine rings is 1. The molecule has 3 heterocycles. The predicted octanol–water partition coefficient (Wildman–Crippen LogP) is 5.95. The first-order chi connectivity index (χ1) is 18.0. The summed E-state index contributed by atoms with van der Waals surface area (Å²) < 4.78 is 36.1. The third-order valence-corrected chi connectivity index (χ3v) is 7.37. The van der Waals surface area contributed by atoms with Crippen molar-refractivity contribution in [3.8, 4) is 17.2 Å². The molecule has 0 atom stereocenters. The van der Waals surface area contributed by atoms with E-state index in [4.69, 9.17) is 22.1 Å². The summed E-state index contributed by atoms with van der Waals surface area (Å²) in [4.78, 5) is 24.4. The summed E-state index contributed by atoms with van der Waals surface area (Å²) >= 11 is 7.60. The van der Waals surface area contributed by atoms with Crippen LogP contribution in [0.1, 0.15) is 26.3 Å². The molecule has 0 bridgehead atoms. The Balaban J connectivity index is 1.57. The van der Waals surface area contributed by atoms with Gasteiger partial charge in [0.1, 0.15) is 23.0 Å². The van der Waals surface area contributed by atoms with Crippen molar-refractivity contribution < 1.29 is 18.3 Å². The molecule has 0 unspecified atom stereocenters. The van der Waals surface area contributed by atoms with Crippen LogP contribution in [-0.2, 0) is 4.74 Å². The third-order valence-electron chi connectivity index (χ3n) is 6.17. The van der Waals surface area contributed by atoms with Gasteiger partial charge in [0.25, 0.3) is 0 Å². The van der Waals surface area contributed by atoms with E-state index in [-0.39, 0.29) is 42.6 Å². The van der Waals surface area contributed by atoms with Crippen molar-refractivity contribution in [2.45, 2.75) is 26.4 Å². The number of benzene rings is 2. The highest BCUT2D eigenvalue weighted by Crippen LogP contribution is 2.43. The molecule has 8 nitrogen and oxygen atoms in total. The fourth-order valence-electron chi connectivity index (χ4n) is 4.55. The Hall–Kier alpha value is -3.75. The van der Waals surface area contributed by atoms with Crippen molar-refractivity contribution in [1.82, 2.24) is 14.9 Å². The van der Waals surface area contributed by atoms with Crippen LogP contribution in [0.15, 0.2) is 24.4 Å². The standard InChI is InChI=1S/C26H23ClF2N6O2S/c1-26(2,3)37-25(36)35-8-6-34(7-9-35)22-13(11-30)12-32-20-15(22)10-16(27)18(19(20)29)14-4-5-17(28)23-21(14)33-24(31)38-23/h4-5,10,12H,6-9H2,1-3H3,(H2,31,33). The lowest BCUT2D eigenvalue weighted by molar-refractivity contribution is 0.0240. The average molecular weight is 557 g/mol. The minimum Gasteiger partial charge on any atom is -0.444 e. The van der Waals surface area contributed by atoms with Gasteiger partial charge in [-0.15, -0.1) is 0 Å². The number of carbonyl (C=O) groups excluding carboxylic acids is 1. The molecule has 1 saturated heterocycles. The fourth-order valence-corrected chi connectivity index (χ4v) is 5.61. The largest absolute Gasteiger partial charge is 0.444 e. The molecule has 5 rings (SSSR count). The topological polar surface area (TPSA) is 108 Å². The molecule has 1 aliphatic heterocycles. The Morgan fingerprint density at radius 3 is 2.58 bits per heavy atom. The SMILES string of the molecule is CC(C)(C)OC(=O)N1CCN(c2c(C#N)cnc3c(F)c(-c4ccc(F)c5sc(N)nc45)c(Cl)cc23)CC1. The van der Waals surface area contributed by atoms with Gasteiger partial charge in [0.2, 0.25) is 0 Å². The van der Waals surface area contributed by atoms with Crippen LogP contribution >= 0.6 is 22.9 Å². The van der Waals surface area contributed by atoms with E-state index in [2.05, 4.69) is 16.0 Å². The van der Waals surface area contributed by atoms with E-state index < -0.39 is 23.3 Å². The number of pyridine rings is 1. The first-order valence-electron chi connectivity index (χ1n) is 11.8. The Morgan fingerprint density at radius 2 is 1.92 bits per heavy atom. The maximum absolute atomic E-state index is 16.1. The number of nitriles is 1. The number of halogens is 3. The zero-order valence-corrected chi connectivity index (χ0v) is 22.4. The second kappa shape index (κ2) is 9.53. The number of hydrogen-bond donors (Lipinski definition) is 1. The van der Waals surface area contributed by atoms with E-state index in [0.29, 0.717) is 37.3 Å². The molecule has 0 aliphatic carbocycles. The van der Waals surface area contributed by atoms with Crippen molar-refractivity contribution in [1.29, 1.82) is 5.26 Å². The summed E-state index contributed by atoms with van der Waals surface area (Å²) in [5.41, 5.74) is 6.44. The van der Waals surface area contributed by atoms with E-state index in [9.17, 15) is 14.4 Å². The summed E-state index contributed by atoms with van der Waals surface area (Å²) in [6.45, 7) is 6.91. The number of nitrogens with zero attached hydrogens (tertiary/aromatic N) is 5. The number of fused-ring (bicyclic) bond motifs is 2. The molecule has 4 aromatic rings. The molecule has 2 aromatic carbocycles. The molecular formula is C26H23ClF2N6O2S. The molecule has 1 amide bonds. The minimum atomic E-state index is -0.717. The van der Waals surface area contributed by atoms with Gasteiger partial charge in [-0.1, -0.05) is 22.9 Å². The van der Waals surface area contributed by atoms with Gasteiger partial charge in [-0.2, -0.15) is 5.26 Å². The summed E-state index contributed by atoms with van der Waals surface area (Å²) in [6.07, 6.45) is 0.906. The van der Waals surface area contributed by atoms with Gasteiger partial charge < -0.3 is 20.3 Å². The normalized spacial score (nSPS) is 14.2. The summed E-state index contributed by atoms with van der Waals surface area (Å²) in [5, 5.41) is 10.4. The number of carbonyl (C=O) groups is 1. The van der Waals surface area contributed by atoms with Gasteiger partial charge in [-0.05, 0) is 39.0 Å². The molecule has 0 saturated carbocycles. The number of rotatable bonds is 2. The first kappa shape index (κ1) is 25.9. The number of nitrogen functional groups attached to an aromatic ring is 1. The van der Waals surface area contributed by atoms with E-state index in [1.807, 2.05) is 4.90 Å². The van der Waals surface area contributed by atoms with Gasteiger partial charge in [-0.3, -0.25) is 4.98 Å². The first-order valence-corrected chi connectivity index (χ1v) is 13.0. The molecule has 1 fully saturated rings. The van der Waals surface area contributed by atoms with Crippen molar-refractivity contribution in [3.05, 3.63) is 46.6 Å². The fraction of sp³-hybridized carbons (Fsp3) is 0.308. The third kappa shape index (κ3) is 4.54. The van der Waals surface area contributed by atoms with Crippen molar-refractivity contribution >= 4 is 61.0 Å². The summed E-state index contributed by atoms with van der Waals surface area (Å²) in [5.74, 6) is -1.23. The molecule has 1 aliphatic rings. The predicted molar refractivity (Wildman–Crippen MR) is 144 cm³/mol. The highest BCUT2D eigenvalue weighted by atomic mass is 35.5. The highest BCUT2D eigenvalue weighted by molar-refractivity contribution is 7.22. The van der Waals surface area contributed by atoms with Gasteiger partial charge >= 0.3 is 6.09 Å². The molecular weight excluding hydrogens is 534 g/mol. The van der Waals surface area contributed by atoms with Crippen LogP contribution in [0.2, 0.25) is 5.02 Å². The lowest BCUT2D eigenvalue weighted by atomic mass is 9.99. The molecule has 0 radical (unpaired) electrons. The summed E-state index contributed by atoms with van der Waals surface area (Å²) in [7, 11) is 0. The number of anilines is 2. The quantitative estimate of drug-likeness (QED) is 0.325. The molecule has 196 valence electrons. The maximum Gasteiger partial charge on any atom is 0.410 e. The second-order valence-electron chi connectivity index (χ2n) is 9.86. The molecule has 38 heavy (non-hydrogen) atoms. The van der Waals surface area contributed by atoms with Crippen LogP contribution < -0.4 is 10.6 Å². The van der Waals surface area contributed by atoms with E-state index >= 15 is 4.39 Å². The average Bonchev–Trinajstić information content (AvgIpc) is 3.26. The van der Waals surface area contributed by atoms with Gasteiger partial charge in [-0.25, -0.2) is 18.6 Å².